The van der Waals surface area contributed by atoms with Crippen molar-refractivity contribution in [3.63, 3.8) is 0 Å². The predicted octanol–water partition coefficient (Wildman–Crippen LogP) is 2.57. The van der Waals surface area contributed by atoms with Crippen molar-refractivity contribution >= 4 is 24.0 Å². The summed E-state index contributed by atoms with van der Waals surface area (Å²) >= 11 is 0. The second-order valence-corrected chi connectivity index (χ2v) is 8.85. The summed E-state index contributed by atoms with van der Waals surface area (Å²) in [7, 11) is 0. The van der Waals surface area contributed by atoms with Gasteiger partial charge in [0.05, 0.1) is 12.0 Å². The number of carbonyl (C=O) groups excluding carboxylic acids is 4. The Hall–Kier alpha value is -2.38. The third-order valence-electron chi connectivity index (χ3n) is 5.66. The van der Waals surface area contributed by atoms with Gasteiger partial charge in [0.1, 0.15) is 6.61 Å². The Morgan fingerprint density at radius 2 is 1.86 bits per heavy atom. The third kappa shape index (κ3) is 11.7. The molecule has 0 spiro atoms. The van der Waals surface area contributed by atoms with E-state index < -0.39 is 42.8 Å². The summed E-state index contributed by atoms with van der Waals surface area (Å²) in [5.74, 6) is -2.75. The number of ether oxygens (including phenoxy) is 1. The Labute approximate surface area is 199 Å². The number of hydrogen-bond donors (Lipinski definition) is 2. The van der Waals surface area contributed by atoms with Gasteiger partial charge in [-0.3, -0.25) is 23.9 Å². The van der Waals surface area contributed by atoms with Crippen LogP contribution in [0.4, 0.5) is 26.3 Å². The summed E-state index contributed by atoms with van der Waals surface area (Å²) in [6, 6.07) is -1.16. The van der Waals surface area contributed by atoms with E-state index in [1.54, 1.807) is 0 Å². The van der Waals surface area contributed by atoms with Gasteiger partial charge in [-0.15, -0.1) is 13.2 Å². The van der Waals surface area contributed by atoms with Crippen molar-refractivity contribution in [2.75, 3.05) is 26.2 Å². The van der Waals surface area contributed by atoms with Crippen molar-refractivity contribution in [1.29, 1.82) is 0 Å². The van der Waals surface area contributed by atoms with Gasteiger partial charge >= 0.3 is 12.5 Å². The van der Waals surface area contributed by atoms with Crippen molar-refractivity contribution in [1.82, 2.24) is 15.5 Å². The van der Waals surface area contributed by atoms with Gasteiger partial charge in [0.25, 0.3) is 0 Å². The molecule has 2 rings (SSSR count). The van der Waals surface area contributed by atoms with Crippen molar-refractivity contribution in [3.05, 3.63) is 0 Å². The minimum atomic E-state index is -4.91. The Kier molecular flexibility index (Phi) is 11.9. The molecule has 0 aromatic rings. The van der Waals surface area contributed by atoms with Crippen LogP contribution in [0.5, 0.6) is 0 Å². The molecule has 2 saturated heterocycles. The van der Waals surface area contributed by atoms with E-state index >= 15 is 0 Å². The largest absolute Gasteiger partial charge is 0.522 e. The van der Waals surface area contributed by atoms with E-state index in [4.69, 9.17) is 0 Å². The molecule has 3 amide bonds. The molecule has 0 radical (unpaired) electrons. The molecule has 35 heavy (non-hydrogen) atoms. The van der Waals surface area contributed by atoms with Gasteiger partial charge in [0, 0.05) is 32.0 Å². The fourth-order valence-electron chi connectivity index (χ4n) is 3.61. The summed E-state index contributed by atoms with van der Waals surface area (Å²) in [4.78, 5) is 46.1. The Bertz CT molecular complexity index is 729. The molecule has 0 aliphatic carbocycles. The number of nitrogens with one attached hydrogen (secondary N) is 2. The van der Waals surface area contributed by atoms with Gasteiger partial charge in [0.2, 0.25) is 18.2 Å². The molecule has 0 aromatic carbocycles. The number of alkyl halides is 6. The highest BCUT2D eigenvalue weighted by atomic mass is 19.4. The summed E-state index contributed by atoms with van der Waals surface area (Å²) in [5, 5.41) is 4.64. The lowest BCUT2D eigenvalue weighted by molar-refractivity contribution is -0.321. The summed E-state index contributed by atoms with van der Waals surface area (Å²) in [6.45, 7) is 3.35. The van der Waals surface area contributed by atoms with Crippen molar-refractivity contribution in [3.8, 4) is 0 Å². The second-order valence-electron chi connectivity index (χ2n) is 8.85. The molecule has 0 aromatic heterocycles. The van der Waals surface area contributed by atoms with Crippen LogP contribution in [0, 0.1) is 17.8 Å². The molecule has 2 N–H and O–H groups in total. The van der Waals surface area contributed by atoms with E-state index in [-0.39, 0.29) is 44.2 Å². The highest BCUT2D eigenvalue weighted by Crippen LogP contribution is 2.33. The average molecular weight is 519 g/mol. The van der Waals surface area contributed by atoms with Crippen LogP contribution in [-0.2, 0) is 23.9 Å². The van der Waals surface area contributed by atoms with Crippen LogP contribution in [0.1, 0.15) is 46.0 Å². The standard InChI is InChI=1S/C11H18F3NO.C10H13F3N2O4/c1-8(2)3-4-10(16)15-6-5-9(7-15)11(12,13)14;11-10(12,13)19-4-8(17)7(15-5-16)3-6-1-2-14-9(6)18/h8-9H,3-7H2,1-2H3;5-7H,1-4H2,(H,14,18)(H,15,16)/t;6-,7-/m.0/s1. The Morgan fingerprint density at radius 3 is 2.31 bits per heavy atom. The number of ketones is 1. The first-order chi connectivity index (χ1) is 16.1. The first-order valence-corrected chi connectivity index (χ1v) is 11.2. The zero-order valence-corrected chi connectivity index (χ0v) is 19.5. The highest BCUT2D eigenvalue weighted by Gasteiger charge is 2.44. The Morgan fingerprint density at radius 1 is 1.20 bits per heavy atom. The minimum Gasteiger partial charge on any atom is -0.356 e. The number of likely N-dealkylation sites (tertiary alicyclic amines) is 1. The molecule has 202 valence electrons. The minimum absolute atomic E-state index is 0.0371. The SMILES string of the molecule is CC(C)CCC(=O)N1CCC(C(F)(F)F)C1.O=CN[C@@H](C[C@@H]1CCNC1=O)C(=O)COC(F)(F)F. The molecule has 2 fully saturated rings. The van der Waals surface area contributed by atoms with Gasteiger partial charge < -0.3 is 15.5 Å². The third-order valence-corrected chi connectivity index (χ3v) is 5.66. The van der Waals surface area contributed by atoms with Crippen LogP contribution >= 0.6 is 0 Å². The number of halogens is 6. The number of rotatable bonds is 10. The van der Waals surface area contributed by atoms with Crippen molar-refractivity contribution < 1.29 is 50.3 Å². The molecule has 0 saturated carbocycles. The van der Waals surface area contributed by atoms with E-state index in [2.05, 4.69) is 15.4 Å². The van der Waals surface area contributed by atoms with Crippen LogP contribution in [-0.4, -0.2) is 73.7 Å². The number of amides is 3. The van der Waals surface area contributed by atoms with Gasteiger partial charge in [-0.25, -0.2) is 0 Å². The highest BCUT2D eigenvalue weighted by molar-refractivity contribution is 5.88. The van der Waals surface area contributed by atoms with E-state index in [1.807, 2.05) is 13.8 Å². The molecule has 0 bridgehead atoms. The summed E-state index contributed by atoms with van der Waals surface area (Å²) in [5.41, 5.74) is 0. The molecular formula is C21H31F6N3O5. The first kappa shape index (κ1) is 30.7. The molecule has 14 heteroatoms. The molecule has 2 heterocycles. The molecule has 2 aliphatic rings. The van der Waals surface area contributed by atoms with Crippen LogP contribution in [0.3, 0.4) is 0 Å². The zero-order chi connectivity index (χ0) is 26.8. The zero-order valence-electron chi connectivity index (χ0n) is 19.5. The topological polar surface area (TPSA) is 105 Å². The van der Waals surface area contributed by atoms with Gasteiger partial charge in [-0.2, -0.15) is 13.2 Å². The molecular weight excluding hydrogens is 488 g/mol. The summed E-state index contributed by atoms with van der Waals surface area (Å²) < 4.78 is 75.9. The maximum Gasteiger partial charge on any atom is 0.522 e. The van der Waals surface area contributed by atoms with Crippen LogP contribution in [0.25, 0.3) is 0 Å². The van der Waals surface area contributed by atoms with Crippen molar-refractivity contribution in [2.24, 2.45) is 17.8 Å². The van der Waals surface area contributed by atoms with E-state index in [9.17, 15) is 45.5 Å². The van der Waals surface area contributed by atoms with Crippen LogP contribution < -0.4 is 10.6 Å². The fraction of sp³-hybridized carbons (Fsp3) is 0.810. The number of nitrogens with zero attached hydrogens (tertiary/aromatic N) is 1. The maximum atomic E-state index is 12.4. The maximum absolute atomic E-state index is 12.4. The predicted molar refractivity (Wildman–Crippen MR) is 111 cm³/mol. The van der Waals surface area contributed by atoms with E-state index in [0.717, 1.165) is 6.42 Å². The molecule has 2 aliphatic heterocycles. The van der Waals surface area contributed by atoms with Gasteiger partial charge in [0.15, 0.2) is 5.78 Å². The van der Waals surface area contributed by atoms with E-state index in [0.29, 0.717) is 25.3 Å². The van der Waals surface area contributed by atoms with Crippen LogP contribution in [0.2, 0.25) is 0 Å². The molecule has 8 nitrogen and oxygen atoms in total. The lowest BCUT2D eigenvalue weighted by Gasteiger charge is -2.18. The number of hydrogen-bond acceptors (Lipinski definition) is 5. The lowest BCUT2D eigenvalue weighted by Crippen LogP contribution is -2.41. The van der Waals surface area contributed by atoms with Crippen LogP contribution in [0.15, 0.2) is 0 Å². The average Bonchev–Trinajstić information content (AvgIpc) is 3.39. The van der Waals surface area contributed by atoms with Gasteiger partial charge in [-0.1, -0.05) is 13.8 Å². The number of Topliss-reactive ketones (excluding diaryl/α,β-unsaturated/α-hetero) is 1. The quantitative estimate of drug-likeness (QED) is 0.341. The molecule has 3 atom stereocenters. The summed E-state index contributed by atoms with van der Waals surface area (Å²) in [6.07, 6.45) is -7.26. The lowest BCUT2D eigenvalue weighted by atomic mass is 9.96. The first-order valence-electron chi connectivity index (χ1n) is 11.2. The monoisotopic (exact) mass is 519 g/mol. The normalized spacial score (nSPS) is 21.3. The smallest absolute Gasteiger partial charge is 0.356 e. The fourth-order valence-corrected chi connectivity index (χ4v) is 3.61. The Balaban J connectivity index is 0.000000355. The van der Waals surface area contributed by atoms with E-state index in [1.165, 1.54) is 4.90 Å². The second kappa shape index (κ2) is 13.6. The van der Waals surface area contributed by atoms with Crippen molar-refractivity contribution in [2.45, 2.75) is 64.5 Å². The molecule has 1 unspecified atom stereocenters. The van der Waals surface area contributed by atoms with Gasteiger partial charge in [-0.05, 0) is 31.6 Å². The number of carbonyl (C=O) groups is 4.